The smallest absolute Gasteiger partial charge is 0.462 e. The number of carbonyl (C=O) groups excluding carboxylic acids is 2. The molecule has 450 valence electrons. The van der Waals surface area contributed by atoms with E-state index < -0.39 is 26.5 Å². The van der Waals surface area contributed by atoms with Crippen molar-refractivity contribution in [3.8, 4) is 0 Å². The number of phosphoric ester groups is 1. The zero-order valence-electron chi connectivity index (χ0n) is 51.1. The number of rotatable bonds is 58. The van der Waals surface area contributed by atoms with Gasteiger partial charge < -0.3 is 18.9 Å². The minimum atomic E-state index is -4.39. The molecule has 0 radical (unpaired) electrons. The molecule has 0 saturated heterocycles. The number of esters is 2. The van der Waals surface area contributed by atoms with Crippen LogP contribution < -0.4 is 0 Å². The van der Waals surface area contributed by atoms with Gasteiger partial charge in [0.25, 0.3) is 0 Å². The maximum absolute atomic E-state index is 12.8. The maximum Gasteiger partial charge on any atom is 0.472 e. The van der Waals surface area contributed by atoms with Crippen LogP contribution in [0.25, 0.3) is 0 Å². The molecular formula is C68H121NO8P+. The zero-order chi connectivity index (χ0) is 57.0. The third-order valence-electron chi connectivity index (χ3n) is 13.6. The molecule has 0 aliphatic heterocycles. The number of allylic oxidation sites excluding steroid dienone is 16. The van der Waals surface area contributed by atoms with Gasteiger partial charge in [0.05, 0.1) is 27.7 Å². The Morgan fingerprint density at radius 2 is 0.692 bits per heavy atom. The van der Waals surface area contributed by atoms with E-state index in [0.29, 0.717) is 17.4 Å². The molecule has 0 aliphatic carbocycles. The Bertz CT molecular complexity index is 1640. The number of quaternary nitrogens is 1. The highest BCUT2D eigenvalue weighted by molar-refractivity contribution is 7.47. The Hall–Kier alpha value is -3.07. The summed E-state index contributed by atoms with van der Waals surface area (Å²) in [4.78, 5) is 35.8. The van der Waals surface area contributed by atoms with Crippen LogP contribution in [0.1, 0.15) is 271 Å². The van der Waals surface area contributed by atoms with E-state index in [-0.39, 0.29) is 32.0 Å². The molecule has 1 N–H and O–H groups in total. The lowest BCUT2D eigenvalue weighted by Gasteiger charge is -2.24. The van der Waals surface area contributed by atoms with E-state index >= 15 is 0 Å². The average molecular weight is 1110 g/mol. The van der Waals surface area contributed by atoms with Gasteiger partial charge in [0.1, 0.15) is 19.8 Å². The Morgan fingerprint density at radius 3 is 1.03 bits per heavy atom. The van der Waals surface area contributed by atoms with Crippen molar-refractivity contribution in [1.82, 2.24) is 0 Å². The molecule has 0 rings (SSSR count). The predicted octanol–water partition coefficient (Wildman–Crippen LogP) is 20.4. The van der Waals surface area contributed by atoms with Crippen LogP contribution in [0, 0.1) is 0 Å². The number of hydrogen-bond acceptors (Lipinski definition) is 7. The molecule has 2 atom stereocenters. The summed E-state index contributed by atoms with van der Waals surface area (Å²) in [6, 6.07) is 0. The van der Waals surface area contributed by atoms with Gasteiger partial charge in [0.2, 0.25) is 0 Å². The molecule has 9 nitrogen and oxygen atoms in total. The lowest BCUT2D eigenvalue weighted by Crippen LogP contribution is -2.37. The average Bonchev–Trinajstić information content (AvgIpc) is 3.41. The zero-order valence-corrected chi connectivity index (χ0v) is 52.0. The van der Waals surface area contributed by atoms with Gasteiger partial charge in [-0.3, -0.25) is 18.6 Å². The summed E-state index contributed by atoms with van der Waals surface area (Å²) in [6.07, 6.45) is 80.7. The molecule has 0 bridgehead atoms. The van der Waals surface area contributed by atoms with Gasteiger partial charge in [0, 0.05) is 12.8 Å². The predicted molar refractivity (Wildman–Crippen MR) is 335 cm³/mol. The van der Waals surface area contributed by atoms with Crippen LogP contribution in [-0.2, 0) is 32.7 Å². The first-order valence-electron chi connectivity index (χ1n) is 32.0. The quantitative estimate of drug-likeness (QED) is 0.0211. The van der Waals surface area contributed by atoms with E-state index in [2.05, 4.69) is 111 Å². The molecule has 0 aliphatic rings. The van der Waals surface area contributed by atoms with Gasteiger partial charge in [-0.05, 0) is 89.9 Å². The molecule has 78 heavy (non-hydrogen) atoms. The molecule has 10 heteroatoms. The highest BCUT2D eigenvalue weighted by Gasteiger charge is 2.27. The lowest BCUT2D eigenvalue weighted by atomic mass is 10.0. The van der Waals surface area contributed by atoms with E-state index in [1.54, 1.807) is 0 Å². The number of ether oxygens (including phenoxy) is 2. The Morgan fingerprint density at radius 1 is 0.397 bits per heavy atom. The second-order valence-corrected chi connectivity index (χ2v) is 23.8. The first kappa shape index (κ1) is 74.9. The van der Waals surface area contributed by atoms with Gasteiger partial charge in [-0.2, -0.15) is 0 Å². The minimum absolute atomic E-state index is 0.0267. The third-order valence-corrected chi connectivity index (χ3v) is 14.6. The van der Waals surface area contributed by atoms with Crippen molar-refractivity contribution in [3.63, 3.8) is 0 Å². The van der Waals surface area contributed by atoms with Gasteiger partial charge in [-0.15, -0.1) is 0 Å². The van der Waals surface area contributed by atoms with Crippen molar-refractivity contribution in [3.05, 3.63) is 97.2 Å². The molecule has 2 unspecified atom stereocenters. The van der Waals surface area contributed by atoms with E-state index in [4.69, 9.17) is 18.5 Å². The molecule has 0 heterocycles. The highest BCUT2D eigenvalue weighted by Crippen LogP contribution is 2.43. The van der Waals surface area contributed by atoms with Crippen LogP contribution in [0.5, 0.6) is 0 Å². The molecule has 0 aromatic carbocycles. The van der Waals surface area contributed by atoms with Crippen molar-refractivity contribution in [2.75, 3.05) is 47.5 Å². The van der Waals surface area contributed by atoms with Crippen LogP contribution in [0.3, 0.4) is 0 Å². The first-order chi connectivity index (χ1) is 38.0. The summed E-state index contributed by atoms with van der Waals surface area (Å²) < 4.78 is 34.6. The summed E-state index contributed by atoms with van der Waals surface area (Å²) in [7, 11) is 1.47. The van der Waals surface area contributed by atoms with E-state index in [1.807, 2.05) is 21.1 Å². The van der Waals surface area contributed by atoms with Crippen LogP contribution in [0.4, 0.5) is 0 Å². The van der Waals surface area contributed by atoms with Crippen molar-refractivity contribution in [1.29, 1.82) is 0 Å². The number of hydrogen-bond donors (Lipinski definition) is 1. The highest BCUT2D eigenvalue weighted by atomic mass is 31.2. The van der Waals surface area contributed by atoms with E-state index in [0.717, 1.165) is 103 Å². The van der Waals surface area contributed by atoms with E-state index in [1.165, 1.54) is 135 Å². The minimum Gasteiger partial charge on any atom is -0.462 e. The topological polar surface area (TPSA) is 108 Å². The fourth-order valence-electron chi connectivity index (χ4n) is 8.76. The number of nitrogens with zero attached hydrogens (tertiary/aromatic N) is 1. The molecule has 0 aromatic rings. The number of unbranched alkanes of at least 4 members (excludes halogenated alkanes) is 28. The molecule has 0 amide bonds. The second kappa shape index (κ2) is 58.6. The van der Waals surface area contributed by atoms with Crippen molar-refractivity contribution in [2.45, 2.75) is 277 Å². The Labute approximate surface area is 481 Å². The third kappa shape index (κ3) is 62.1. The second-order valence-electron chi connectivity index (χ2n) is 22.4. The summed E-state index contributed by atoms with van der Waals surface area (Å²) in [5, 5.41) is 0. The Balaban J connectivity index is 4.03. The fraction of sp³-hybridized carbons (Fsp3) is 0.735. The SMILES string of the molecule is CC/C=C\C/C=C\C/C=C\C/C=C\CCCCCCCCCCCCCCCCCCCCCCCCC(=O)OC(COC(=O)CCCCCCCC/C=C\C/C=C\C/C=C\C/C=C\CC)COP(=O)(O)OCC[N+](C)(C)C. The summed E-state index contributed by atoms with van der Waals surface area (Å²) in [5.41, 5.74) is 0. The fourth-order valence-corrected chi connectivity index (χ4v) is 9.51. The molecule has 0 fully saturated rings. The van der Waals surface area contributed by atoms with Gasteiger partial charge in [0.15, 0.2) is 6.10 Å². The largest absolute Gasteiger partial charge is 0.472 e. The lowest BCUT2D eigenvalue weighted by molar-refractivity contribution is -0.870. The first-order valence-corrected chi connectivity index (χ1v) is 33.5. The number of carbonyl (C=O) groups is 2. The maximum atomic E-state index is 12.8. The number of phosphoric acid groups is 1. The molecule has 0 saturated carbocycles. The standard InChI is InChI=1S/C68H120NO8P/c1-6-8-10-12-14-16-18-20-22-24-26-27-28-29-30-31-32-33-34-35-36-37-38-39-40-41-43-45-47-49-51-53-55-57-59-61-68(71)77-66(65-76-78(72,73)75-63-62-69(3,4)5)64-74-67(70)60-58-56-54-52-50-48-46-44-42-25-23-21-19-17-15-13-11-9-7-2/h8-11,14-17,20-23,26-27,42,44,66H,6-7,12-13,18-19,24-25,28-41,43,45-65H2,1-5H3/p+1/b10-8-,11-9-,16-14-,17-15-,22-20-,23-21-,27-26-,44-42-. The van der Waals surface area contributed by atoms with E-state index in [9.17, 15) is 19.0 Å². The molecular weight excluding hydrogens is 990 g/mol. The van der Waals surface area contributed by atoms with Crippen LogP contribution in [0.2, 0.25) is 0 Å². The molecule has 0 aromatic heterocycles. The van der Waals surface area contributed by atoms with Crippen LogP contribution in [-0.4, -0.2) is 74.9 Å². The van der Waals surface area contributed by atoms with Gasteiger partial charge in [-0.25, -0.2) is 4.57 Å². The van der Waals surface area contributed by atoms with Crippen LogP contribution >= 0.6 is 7.82 Å². The summed E-state index contributed by atoms with van der Waals surface area (Å²) in [6.45, 7) is 4.21. The summed E-state index contributed by atoms with van der Waals surface area (Å²) >= 11 is 0. The normalized spacial score (nSPS) is 13.9. The molecule has 0 spiro atoms. The summed E-state index contributed by atoms with van der Waals surface area (Å²) in [5.74, 6) is -0.809. The number of likely N-dealkylation sites (N-methyl/N-ethyl adjacent to an activating group) is 1. The Kier molecular flexibility index (Phi) is 56.3. The van der Waals surface area contributed by atoms with Crippen LogP contribution in [0.15, 0.2) is 97.2 Å². The van der Waals surface area contributed by atoms with Gasteiger partial charge in [-0.1, -0.05) is 265 Å². The van der Waals surface area contributed by atoms with Crippen molar-refractivity contribution in [2.24, 2.45) is 0 Å². The van der Waals surface area contributed by atoms with Gasteiger partial charge >= 0.3 is 19.8 Å². The van der Waals surface area contributed by atoms with Crippen molar-refractivity contribution < 1.29 is 42.1 Å². The monoisotopic (exact) mass is 1110 g/mol. The van der Waals surface area contributed by atoms with Crippen molar-refractivity contribution >= 4 is 19.8 Å².